The average Bonchev–Trinajstić information content (AvgIpc) is 1.61. The molecule has 0 amide bonds. The SMILES string of the molecule is COC(=O)[C@@H]1CCCN1Cc1cc2nc(-c3cccc(-c4cccc(N5CCC(N6CCCC6)CC5)c4C)c3C)oc2cc1OC(F)F.COC(=O)[C@@H]1CCCN1Cc1cc2nc(-c3cccc(B4OC(C)(C)C(C)(C)O4)c3C)oc2cc1OC(F)F.Cc1c(Br)cccc1N1CCC(N2CCCC2)CC1. The summed E-state index contributed by atoms with van der Waals surface area (Å²) in [6, 6.07) is 32.0. The Morgan fingerprint density at radius 1 is 0.509 bits per heavy atom. The molecule has 7 saturated heterocycles. The number of halogens is 5. The molecule has 106 heavy (non-hydrogen) atoms. The Bertz CT molecular complexity index is 4400. The number of ether oxygens (including phenoxy) is 4. The van der Waals surface area contributed by atoms with E-state index in [1.54, 1.807) is 12.1 Å². The maximum atomic E-state index is 13.5. The van der Waals surface area contributed by atoms with Crippen molar-refractivity contribution in [2.45, 2.75) is 194 Å². The van der Waals surface area contributed by atoms with E-state index in [9.17, 15) is 27.2 Å². The molecule has 0 unspecified atom stereocenters. The Kier molecular flexibility index (Phi) is 23.9. The number of methoxy groups -OCH3 is 2. The van der Waals surface area contributed by atoms with E-state index in [1.165, 1.54) is 150 Å². The molecule has 0 bridgehead atoms. The van der Waals surface area contributed by atoms with Gasteiger partial charge in [-0.25, -0.2) is 9.97 Å². The largest absolute Gasteiger partial charge is 0.495 e. The van der Waals surface area contributed by atoms with Gasteiger partial charge >= 0.3 is 32.3 Å². The molecule has 7 fully saturated rings. The number of rotatable bonds is 18. The van der Waals surface area contributed by atoms with E-state index in [-0.39, 0.29) is 36.5 Å². The van der Waals surface area contributed by atoms with E-state index >= 15 is 0 Å². The number of alkyl halides is 4. The molecule has 7 aliphatic rings. The van der Waals surface area contributed by atoms with Crippen LogP contribution in [-0.2, 0) is 41.5 Å². The van der Waals surface area contributed by atoms with Gasteiger partial charge in [-0.1, -0.05) is 58.4 Å². The molecule has 24 heteroatoms. The molecule has 7 aliphatic heterocycles. The number of anilines is 2. The second kappa shape index (κ2) is 33.1. The van der Waals surface area contributed by atoms with Gasteiger partial charge in [0.1, 0.15) is 34.6 Å². The Balaban J connectivity index is 0.000000153. The van der Waals surface area contributed by atoms with Crippen molar-refractivity contribution in [3.05, 3.63) is 135 Å². The molecule has 0 aliphatic carbocycles. The number of nitrogens with zero attached hydrogens (tertiary/aromatic N) is 8. The first-order chi connectivity index (χ1) is 51.0. The summed E-state index contributed by atoms with van der Waals surface area (Å²) in [7, 11) is 2.15. The number of esters is 2. The van der Waals surface area contributed by atoms with Gasteiger partial charge in [0, 0.05) is 102 Å². The van der Waals surface area contributed by atoms with E-state index in [4.69, 9.17) is 47.1 Å². The van der Waals surface area contributed by atoms with Crippen LogP contribution in [0.3, 0.4) is 0 Å². The fraction of sp³-hybridized carbons (Fsp3) is 0.512. The quantitative estimate of drug-likeness (QED) is 0.0453. The van der Waals surface area contributed by atoms with Crippen LogP contribution >= 0.6 is 15.9 Å². The summed E-state index contributed by atoms with van der Waals surface area (Å²) < 4.78 is 99.3. The van der Waals surface area contributed by atoms with Crippen LogP contribution < -0.4 is 24.7 Å². The standard InChI is InChI=1S/C38H44F2N4O4.C28H33BF2N2O6.C16H23BrN2/c1-24-28(29-10-7-12-32(25(29)2)43-19-14-27(15-20-43)42-16-4-5-17-42)9-6-11-30(24)36-41-31-21-26(34(48-38(39)40)22-35(31)47-36)23-44-18-8-13-33(44)37(45)46-3;1-16-18(9-7-10-19(16)29-38-27(2,3)28(4,5)39-29)24-32-20-13-17(22(37-26(30)31)14-23(20)36-24)15-33-12-8-11-21(33)25(34)35-6;1-13-15(17)5-4-6-16(13)19-11-7-14(8-12-19)18-9-2-3-10-18/h6-7,9-12,21-22,27,33,38H,4-5,8,13-20,23H2,1-3H3;7,9-10,13-14,21,26H,8,11-12,15H2,1-6H3;4-6,14H,2-3,7-12H2,1H3/t33-;21-;/m00./s1. The molecule has 0 saturated carbocycles. The first-order valence-corrected chi connectivity index (χ1v) is 38.5. The number of carbonyl (C=O) groups is 2. The normalized spacial score (nSPS) is 20.4. The first kappa shape index (κ1) is 76.6. The summed E-state index contributed by atoms with van der Waals surface area (Å²) in [6.07, 6.45) is 13.4. The third-order valence-electron chi connectivity index (χ3n) is 23.4. The lowest BCUT2D eigenvalue weighted by atomic mass is 9.75. The Morgan fingerprint density at radius 3 is 1.37 bits per heavy atom. The predicted octanol–water partition coefficient (Wildman–Crippen LogP) is 16.2. The van der Waals surface area contributed by atoms with E-state index in [2.05, 4.69) is 98.8 Å². The Labute approximate surface area is 628 Å². The molecule has 0 N–H and O–H groups in total. The predicted molar refractivity (Wildman–Crippen MR) is 409 cm³/mol. The van der Waals surface area contributed by atoms with E-state index < -0.39 is 43.6 Å². The fourth-order valence-electron chi connectivity index (χ4n) is 16.8. The molecular formula is C82H100BBrF4N8O10. The van der Waals surface area contributed by atoms with Crippen molar-refractivity contribution < 1.29 is 64.2 Å². The van der Waals surface area contributed by atoms with E-state index in [0.29, 0.717) is 77.1 Å². The molecular weight excluding hydrogens is 1420 g/mol. The summed E-state index contributed by atoms with van der Waals surface area (Å²) in [5.41, 5.74) is 13.7. The summed E-state index contributed by atoms with van der Waals surface area (Å²) in [5, 5.41) is 0. The van der Waals surface area contributed by atoms with Gasteiger partial charge in [0.25, 0.3) is 0 Å². The van der Waals surface area contributed by atoms with Crippen molar-refractivity contribution in [1.29, 1.82) is 0 Å². The molecule has 2 aromatic heterocycles. The van der Waals surface area contributed by atoms with Gasteiger partial charge in [0.2, 0.25) is 11.8 Å². The van der Waals surface area contributed by atoms with Gasteiger partial charge in [0.05, 0.1) is 25.4 Å². The fourth-order valence-corrected chi connectivity index (χ4v) is 17.1. The Hall–Kier alpha value is -7.58. The van der Waals surface area contributed by atoms with Gasteiger partial charge < -0.3 is 56.7 Å². The van der Waals surface area contributed by atoms with Crippen molar-refractivity contribution in [2.75, 3.05) is 89.5 Å². The lowest BCUT2D eigenvalue weighted by Gasteiger charge is -2.38. The zero-order valence-electron chi connectivity index (χ0n) is 62.8. The summed E-state index contributed by atoms with van der Waals surface area (Å²) in [4.78, 5) is 48.4. The first-order valence-electron chi connectivity index (χ1n) is 37.7. The number of oxazole rings is 2. The third kappa shape index (κ3) is 16.7. The van der Waals surface area contributed by atoms with Crippen LogP contribution in [0, 0.1) is 27.7 Å². The number of aromatic nitrogens is 2. The van der Waals surface area contributed by atoms with Crippen LogP contribution in [0.15, 0.2) is 110 Å². The minimum atomic E-state index is -3.02. The maximum Gasteiger partial charge on any atom is 0.495 e. The molecule has 566 valence electrons. The minimum Gasteiger partial charge on any atom is -0.468 e. The molecule has 0 radical (unpaired) electrons. The lowest BCUT2D eigenvalue weighted by molar-refractivity contribution is -0.146. The number of carbonyl (C=O) groups excluding carboxylic acids is 2. The molecule has 2 atom stereocenters. The maximum absolute atomic E-state index is 13.5. The van der Waals surface area contributed by atoms with Crippen LogP contribution in [0.5, 0.6) is 11.5 Å². The highest BCUT2D eigenvalue weighted by Gasteiger charge is 2.52. The van der Waals surface area contributed by atoms with Crippen LogP contribution in [-0.4, -0.2) is 177 Å². The zero-order chi connectivity index (χ0) is 74.7. The number of benzene rings is 6. The minimum absolute atomic E-state index is 0.0121. The summed E-state index contributed by atoms with van der Waals surface area (Å²) >= 11 is 3.64. The van der Waals surface area contributed by atoms with Crippen LogP contribution in [0.25, 0.3) is 56.2 Å². The molecule has 18 nitrogen and oxygen atoms in total. The number of piperidine rings is 2. The van der Waals surface area contributed by atoms with Gasteiger partial charge in [0.15, 0.2) is 11.2 Å². The van der Waals surface area contributed by atoms with E-state index in [0.717, 1.165) is 65.3 Å². The molecule has 6 aromatic carbocycles. The second-order valence-electron chi connectivity index (χ2n) is 30.3. The highest BCUT2D eigenvalue weighted by Crippen LogP contribution is 2.43. The monoisotopic (exact) mass is 1520 g/mol. The Morgan fingerprint density at radius 2 is 0.915 bits per heavy atom. The van der Waals surface area contributed by atoms with Crippen molar-refractivity contribution in [3.8, 4) is 45.5 Å². The van der Waals surface area contributed by atoms with Crippen molar-refractivity contribution >= 4 is 74.0 Å². The number of likely N-dealkylation sites (tertiary alicyclic amines) is 4. The van der Waals surface area contributed by atoms with Crippen molar-refractivity contribution in [2.24, 2.45) is 0 Å². The lowest BCUT2D eigenvalue weighted by Crippen LogP contribution is -2.44. The summed E-state index contributed by atoms with van der Waals surface area (Å²) in [6.45, 7) is 21.9. The topological polar surface area (TPSA) is 161 Å². The third-order valence-corrected chi connectivity index (χ3v) is 24.3. The molecule has 15 rings (SSSR count). The zero-order valence-corrected chi connectivity index (χ0v) is 64.4. The average molecular weight is 1520 g/mol. The molecule has 8 aromatic rings. The van der Waals surface area contributed by atoms with Crippen LogP contribution in [0.4, 0.5) is 28.9 Å². The van der Waals surface area contributed by atoms with Crippen LogP contribution in [0.2, 0.25) is 0 Å². The summed E-state index contributed by atoms with van der Waals surface area (Å²) in [5.74, 6) is 0.0832. The highest BCUT2D eigenvalue weighted by atomic mass is 79.9. The van der Waals surface area contributed by atoms with Gasteiger partial charge in [-0.15, -0.1) is 0 Å². The van der Waals surface area contributed by atoms with Crippen LogP contribution in [0.1, 0.15) is 138 Å². The molecule has 0 spiro atoms. The number of hydrogen-bond acceptors (Lipinski definition) is 18. The second-order valence-corrected chi connectivity index (χ2v) is 31.2. The number of fused-ring (bicyclic) bond motifs is 2. The van der Waals surface area contributed by atoms with E-state index in [1.807, 2.05) is 74.8 Å². The number of hydrogen-bond donors (Lipinski definition) is 0. The van der Waals surface area contributed by atoms with Crippen molar-refractivity contribution in [3.63, 3.8) is 0 Å². The van der Waals surface area contributed by atoms with Crippen molar-refractivity contribution in [1.82, 2.24) is 29.6 Å². The smallest absolute Gasteiger partial charge is 0.468 e. The highest BCUT2D eigenvalue weighted by molar-refractivity contribution is 9.10. The van der Waals surface area contributed by atoms with Gasteiger partial charge in [-0.2, -0.15) is 17.6 Å². The molecule has 9 heterocycles. The van der Waals surface area contributed by atoms with Gasteiger partial charge in [-0.05, 0) is 253 Å². The van der Waals surface area contributed by atoms with Gasteiger partial charge in [-0.3, -0.25) is 19.4 Å².